The van der Waals surface area contributed by atoms with Crippen LogP contribution in [0, 0.1) is 0 Å². The predicted octanol–water partition coefficient (Wildman–Crippen LogP) is 1.92. The Balaban J connectivity index is 0. The number of ether oxygens (including phenoxy) is 2. The van der Waals surface area contributed by atoms with Gasteiger partial charge in [0.1, 0.15) is 6.42 Å². The number of carbonyl (C=O) groups is 3. The molecule has 0 atom stereocenters. The number of hydrogen-bond acceptors (Lipinski definition) is 5. The molecule has 0 aromatic rings. The van der Waals surface area contributed by atoms with Crippen LogP contribution in [0.25, 0.3) is 0 Å². The molecule has 0 saturated heterocycles. The minimum absolute atomic E-state index is 0.0921. The molecule has 0 spiro atoms. The minimum atomic E-state index is -4.15. The number of esters is 2. The molecule has 0 saturated carbocycles. The minimum Gasteiger partial charge on any atom is -0.481 e. The van der Waals surface area contributed by atoms with Gasteiger partial charge < -0.3 is 14.6 Å². The Hall–Kier alpha value is -1.80. The number of carboxylic acid groups (broad SMARTS) is 1. The van der Waals surface area contributed by atoms with Crippen molar-refractivity contribution in [1.29, 1.82) is 0 Å². The molecule has 0 unspecified atom stereocenters. The van der Waals surface area contributed by atoms with Crippen molar-refractivity contribution in [3.8, 4) is 0 Å². The molecule has 0 amide bonds. The van der Waals surface area contributed by atoms with Gasteiger partial charge in [0, 0.05) is 12.8 Å². The molecule has 0 radical (unpaired) electrons. The summed E-state index contributed by atoms with van der Waals surface area (Å²) in [5, 5.41) is 8.06. The smallest absolute Gasteiger partial charge is 0.389 e. The molecular formula is C11H17F3O6. The molecule has 0 aliphatic heterocycles. The normalized spacial score (nSPS) is 10.1. The van der Waals surface area contributed by atoms with Crippen molar-refractivity contribution in [2.75, 3.05) is 14.2 Å². The Labute approximate surface area is 113 Å². The summed E-state index contributed by atoms with van der Waals surface area (Å²) in [6, 6.07) is 0. The van der Waals surface area contributed by atoms with E-state index in [-0.39, 0.29) is 25.7 Å². The lowest BCUT2D eigenvalue weighted by Gasteiger charge is -2.03. The highest BCUT2D eigenvalue weighted by atomic mass is 19.4. The standard InChI is InChI=1S/C6H9F3O2.C5H8O4/c7-6(8,9)4-2-1-3-5(10)11;1-8-4(6)3-5(7)9-2/h1-4H2,(H,10,11);3H2,1-2H3. The SMILES string of the molecule is COC(=O)CC(=O)OC.O=C(O)CCCCC(F)(F)F. The van der Waals surface area contributed by atoms with Crippen molar-refractivity contribution in [2.24, 2.45) is 0 Å². The third-order valence-electron chi connectivity index (χ3n) is 1.84. The predicted molar refractivity (Wildman–Crippen MR) is 60.8 cm³/mol. The number of carbonyl (C=O) groups excluding carboxylic acids is 2. The number of carboxylic acids is 1. The highest BCUT2D eigenvalue weighted by Crippen LogP contribution is 2.22. The summed E-state index contributed by atoms with van der Waals surface area (Å²) in [5.41, 5.74) is 0. The fraction of sp³-hybridized carbons (Fsp3) is 0.727. The van der Waals surface area contributed by atoms with Gasteiger partial charge in [-0.3, -0.25) is 14.4 Å². The van der Waals surface area contributed by atoms with Gasteiger partial charge in [-0.2, -0.15) is 13.2 Å². The van der Waals surface area contributed by atoms with E-state index in [9.17, 15) is 27.6 Å². The lowest BCUT2D eigenvalue weighted by atomic mass is 10.2. The van der Waals surface area contributed by atoms with E-state index in [1.165, 1.54) is 14.2 Å². The molecule has 0 aliphatic rings. The van der Waals surface area contributed by atoms with Crippen molar-refractivity contribution < 1.29 is 42.1 Å². The molecule has 20 heavy (non-hydrogen) atoms. The average molecular weight is 302 g/mol. The van der Waals surface area contributed by atoms with Crippen LogP contribution in [0.4, 0.5) is 13.2 Å². The van der Waals surface area contributed by atoms with E-state index in [0.717, 1.165) is 0 Å². The average Bonchev–Trinajstić information content (AvgIpc) is 2.33. The molecule has 0 rings (SSSR count). The van der Waals surface area contributed by atoms with E-state index in [2.05, 4.69) is 9.47 Å². The number of aliphatic carboxylic acids is 1. The number of methoxy groups -OCH3 is 2. The first kappa shape index (κ1) is 20.5. The number of halogens is 3. The molecule has 1 N–H and O–H groups in total. The monoisotopic (exact) mass is 302 g/mol. The van der Waals surface area contributed by atoms with Crippen molar-refractivity contribution in [3.63, 3.8) is 0 Å². The number of alkyl halides is 3. The zero-order valence-corrected chi connectivity index (χ0v) is 11.2. The van der Waals surface area contributed by atoms with Crippen molar-refractivity contribution in [1.82, 2.24) is 0 Å². The Morgan fingerprint density at radius 1 is 1.00 bits per heavy atom. The van der Waals surface area contributed by atoms with Crippen molar-refractivity contribution in [2.45, 2.75) is 38.3 Å². The van der Waals surface area contributed by atoms with E-state index >= 15 is 0 Å². The summed E-state index contributed by atoms with van der Waals surface area (Å²) in [5.74, 6) is -2.21. The van der Waals surface area contributed by atoms with Crippen LogP contribution in [-0.2, 0) is 23.9 Å². The van der Waals surface area contributed by atoms with Crippen LogP contribution in [0.3, 0.4) is 0 Å². The van der Waals surface area contributed by atoms with Crippen LogP contribution in [0.5, 0.6) is 0 Å². The van der Waals surface area contributed by atoms with Gasteiger partial charge in [-0.25, -0.2) is 0 Å². The largest absolute Gasteiger partial charge is 0.481 e. The van der Waals surface area contributed by atoms with Crippen LogP contribution in [0.15, 0.2) is 0 Å². The van der Waals surface area contributed by atoms with Crippen LogP contribution < -0.4 is 0 Å². The van der Waals surface area contributed by atoms with E-state index in [4.69, 9.17) is 5.11 Å². The molecule has 9 heteroatoms. The zero-order valence-electron chi connectivity index (χ0n) is 11.2. The maximum Gasteiger partial charge on any atom is 0.389 e. The van der Waals surface area contributed by atoms with E-state index < -0.39 is 30.5 Å². The molecule has 0 aliphatic carbocycles. The fourth-order valence-electron chi connectivity index (χ4n) is 0.864. The number of hydrogen-bond donors (Lipinski definition) is 1. The van der Waals surface area contributed by atoms with Gasteiger partial charge in [0.05, 0.1) is 14.2 Å². The topological polar surface area (TPSA) is 89.9 Å². The number of unbranched alkanes of at least 4 members (excludes halogenated alkanes) is 1. The maximum absolute atomic E-state index is 11.4. The highest BCUT2D eigenvalue weighted by molar-refractivity contribution is 5.90. The van der Waals surface area contributed by atoms with E-state index in [0.29, 0.717) is 0 Å². The summed E-state index contributed by atoms with van der Waals surface area (Å²) in [6.45, 7) is 0. The zero-order chi connectivity index (χ0) is 16.2. The van der Waals surface area contributed by atoms with Crippen LogP contribution >= 0.6 is 0 Å². The summed E-state index contributed by atoms with van der Waals surface area (Å²) in [6.07, 6.45) is -5.55. The molecule has 0 bridgehead atoms. The Morgan fingerprint density at radius 2 is 1.45 bits per heavy atom. The fourth-order valence-corrected chi connectivity index (χ4v) is 0.864. The van der Waals surface area contributed by atoms with Crippen LogP contribution in [0.1, 0.15) is 32.1 Å². The molecular weight excluding hydrogens is 285 g/mol. The van der Waals surface area contributed by atoms with Gasteiger partial charge in [0.15, 0.2) is 0 Å². The van der Waals surface area contributed by atoms with Crippen molar-refractivity contribution >= 4 is 17.9 Å². The number of rotatable bonds is 6. The Kier molecular flexibility index (Phi) is 11.3. The summed E-state index contributed by atoms with van der Waals surface area (Å²) in [4.78, 5) is 30.4. The van der Waals surface area contributed by atoms with Crippen LogP contribution in [0.2, 0.25) is 0 Å². The third-order valence-corrected chi connectivity index (χ3v) is 1.84. The summed E-state index contributed by atoms with van der Waals surface area (Å²) < 4.78 is 42.7. The molecule has 0 fully saturated rings. The van der Waals surface area contributed by atoms with Crippen LogP contribution in [-0.4, -0.2) is 43.4 Å². The summed E-state index contributed by atoms with van der Waals surface area (Å²) >= 11 is 0. The van der Waals surface area contributed by atoms with Gasteiger partial charge in [-0.1, -0.05) is 0 Å². The summed E-state index contributed by atoms with van der Waals surface area (Å²) in [7, 11) is 2.43. The highest BCUT2D eigenvalue weighted by Gasteiger charge is 2.25. The first-order chi connectivity index (χ1) is 9.12. The molecule has 0 aromatic carbocycles. The van der Waals surface area contributed by atoms with Gasteiger partial charge in [0.2, 0.25) is 0 Å². The maximum atomic E-state index is 11.4. The molecule has 6 nitrogen and oxygen atoms in total. The third kappa shape index (κ3) is 18.6. The van der Waals surface area contributed by atoms with Gasteiger partial charge >= 0.3 is 24.1 Å². The van der Waals surface area contributed by atoms with Gasteiger partial charge in [-0.05, 0) is 12.8 Å². The second-order valence-corrected chi connectivity index (χ2v) is 3.55. The van der Waals surface area contributed by atoms with Crippen molar-refractivity contribution in [3.05, 3.63) is 0 Å². The quantitative estimate of drug-likeness (QED) is 0.458. The first-order valence-electron chi connectivity index (χ1n) is 5.54. The molecule has 118 valence electrons. The van der Waals surface area contributed by atoms with Gasteiger partial charge in [0.25, 0.3) is 0 Å². The molecule has 0 heterocycles. The lowest BCUT2D eigenvalue weighted by Crippen LogP contribution is -2.09. The van der Waals surface area contributed by atoms with Gasteiger partial charge in [-0.15, -0.1) is 0 Å². The van der Waals surface area contributed by atoms with E-state index in [1.54, 1.807) is 0 Å². The lowest BCUT2D eigenvalue weighted by molar-refractivity contribution is -0.151. The molecule has 0 aromatic heterocycles. The second kappa shape index (κ2) is 11.1. The van der Waals surface area contributed by atoms with E-state index in [1.807, 2.05) is 0 Å². The first-order valence-corrected chi connectivity index (χ1v) is 5.54. The second-order valence-electron chi connectivity index (χ2n) is 3.55. The Bertz CT molecular complexity index is 300. The Morgan fingerprint density at radius 3 is 1.75 bits per heavy atom.